The van der Waals surface area contributed by atoms with Gasteiger partial charge in [0.2, 0.25) is 5.89 Å². The summed E-state index contributed by atoms with van der Waals surface area (Å²) in [6.07, 6.45) is 0. The van der Waals surface area contributed by atoms with Crippen LogP contribution in [-0.2, 0) is 33.5 Å². The lowest BCUT2D eigenvalue weighted by Crippen LogP contribution is -2.37. The van der Waals surface area contributed by atoms with E-state index in [1.807, 2.05) is 54.6 Å². The van der Waals surface area contributed by atoms with E-state index in [2.05, 4.69) is 10.3 Å². The second-order valence-electron chi connectivity index (χ2n) is 10.2. The molecule has 8 nitrogen and oxygen atoms in total. The molecule has 1 heterocycles. The molecule has 0 fully saturated rings. The number of benzene rings is 4. The van der Waals surface area contributed by atoms with Crippen molar-refractivity contribution in [2.75, 3.05) is 0 Å². The number of hydrogen-bond acceptors (Lipinski definition) is 7. The van der Waals surface area contributed by atoms with Crippen molar-refractivity contribution in [2.24, 2.45) is 0 Å². The number of fused-ring (bicyclic) bond motifs is 1. The van der Waals surface area contributed by atoms with E-state index in [1.54, 1.807) is 42.5 Å². The Balaban J connectivity index is 1.40. The fourth-order valence-corrected chi connectivity index (χ4v) is 5.87. The number of carboxylic acid groups (broad SMARTS) is 1. The molecular weight excluding hydrogens is 540 g/mol. The van der Waals surface area contributed by atoms with Crippen molar-refractivity contribution in [1.29, 1.82) is 0 Å². The number of aliphatic carboxylic acids is 1. The summed E-state index contributed by atoms with van der Waals surface area (Å²) in [6, 6.07) is 28.6. The van der Waals surface area contributed by atoms with E-state index in [9.17, 15) is 18.3 Å². The molecule has 0 amide bonds. The Morgan fingerprint density at radius 1 is 0.902 bits per heavy atom. The number of sulfone groups is 1. The maximum absolute atomic E-state index is 13.5. The third-order valence-electron chi connectivity index (χ3n) is 6.69. The van der Waals surface area contributed by atoms with Crippen LogP contribution in [0.5, 0.6) is 5.75 Å². The molecule has 0 radical (unpaired) electrons. The summed E-state index contributed by atoms with van der Waals surface area (Å²) in [6.45, 7) is 3.89. The van der Waals surface area contributed by atoms with Crippen LogP contribution in [0.2, 0.25) is 0 Å². The molecule has 1 aromatic heterocycles. The summed E-state index contributed by atoms with van der Waals surface area (Å²) in [5.74, 6) is -0.436. The molecule has 5 rings (SSSR count). The molecule has 0 aliphatic heterocycles. The third-order valence-corrected chi connectivity index (χ3v) is 8.35. The highest BCUT2D eigenvalue weighted by molar-refractivity contribution is 7.90. The van der Waals surface area contributed by atoms with Crippen LogP contribution in [-0.4, -0.2) is 30.1 Å². The van der Waals surface area contributed by atoms with Gasteiger partial charge >= 0.3 is 5.97 Å². The Bertz CT molecular complexity index is 1750. The number of aromatic nitrogens is 1. The third kappa shape index (κ3) is 6.48. The minimum absolute atomic E-state index is 0.214. The van der Waals surface area contributed by atoms with Gasteiger partial charge in [0.15, 0.2) is 21.0 Å². The quantitative estimate of drug-likeness (QED) is 0.199. The van der Waals surface area contributed by atoms with Gasteiger partial charge in [0, 0.05) is 18.7 Å². The van der Waals surface area contributed by atoms with Gasteiger partial charge in [-0.3, -0.25) is 0 Å². The van der Waals surface area contributed by atoms with Gasteiger partial charge in [-0.1, -0.05) is 54.6 Å². The zero-order valence-corrected chi connectivity index (χ0v) is 23.5. The molecule has 0 unspecified atom stereocenters. The highest BCUT2D eigenvalue weighted by Crippen LogP contribution is 2.32. The van der Waals surface area contributed by atoms with Gasteiger partial charge < -0.3 is 19.6 Å². The Morgan fingerprint density at radius 3 is 2.32 bits per heavy atom. The van der Waals surface area contributed by atoms with Gasteiger partial charge in [-0.05, 0) is 73.0 Å². The lowest BCUT2D eigenvalue weighted by atomic mass is 10.0. The molecule has 5 aromatic rings. The van der Waals surface area contributed by atoms with Crippen molar-refractivity contribution in [3.8, 4) is 17.2 Å². The number of carboxylic acids is 1. The van der Waals surface area contributed by atoms with Crippen LogP contribution in [0.25, 0.3) is 22.6 Å². The SMILES string of the molecule is CC(C)(Oc1ccc(CNCc2cccc(-c3nc4ccccc4o3)c2CS(=O)(=O)c2ccccc2)cc1)C(=O)O. The molecule has 9 heteroatoms. The molecular formula is C32H30N2O6S. The summed E-state index contributed by atoms with van der Waals surface area (Å²) in [5.41, 5.74) is 3.00. The second-order valence-corrected chi connectivity index (χ2v) is 12.2. The van der Waals surface area contributed by atoms with Crippen LogP contribution < -0.4 is 10.1 Å². The first-order chi connectivity index (χ1) is 19.6. The van der Waals surface area contributed by atoms with E-state index in [4.69, 9.17) is 9.15 Å². The van der Waals surface area contributed by atoms with Crippen molar-refractivity contribution in [1.82, 2.24) is 10.3 Å². The fourth-order valence-electron chi connectivity index (χ4n) is 4.41. The normalized spacial score (nSPS) is 12.0. The molecule has 0 aliphatic rings. The number of nitrogens with one attached hydrogen (secondary N) is 1. The van der Waals surface area contributed by atoms with Crippen LogP contribution >= 0.6 is 0 Å². The van der Waals surface area contributed by atoms with E-state index in [-0.39, 0.29) is 10.6 Å². The van der Waals surface area contributed by atoms with Crippen molar-refractivity contribution in [3.05, 3.63) is 114 Å². The molecule has 0 bridgehead atoms. The summed E-state index contributed by atoms with van der Waals surface area (Å²) >= 11 is 0. The first kappa shape index (κ1) is 28.1. The van der Waals surface area contributed by atoms with E-state index in [0.717, 1.165) is 11.1 Å². The first-order valence-electron chi connectivity index (χ1n) is 13.1. The second kappa shape index (κ2) is 11.6. The standard InChI is InChI=1S/C32H30N2O6S/c1-32(2,31(35)36)40-24-17-15-22(16-18-24)19-33-20-23-9-8-12-26(30-34-28-13-6-7-14-29(28)39-30)27(23)21-41(37,38)25-10-4-3-5-11-25/h3-18,33H,19-21H2,1-2H3,(H,35,36). The first-order valence-corrected chi connectivity index (χ1v) is 14.7. The van der Waals surface area contributed by atoms with Gasteiger partial charge in [0.05, 0.1) is 10.6 Å². The van der Waals surface area contributed by atoms with Gasteiger partial charge in [0.25, 0.3) is 0 Å². The van der Waals surface area contributed by atoms with Crippen LogP contribution in [0.15, 0.2) is 106 Å². The Kier molecular flexibility index (Phi) is 7.92. The van der Waals surface area contributed by atoms with Crippen molar-refractivity contribution in [3.63, 3.8) is 0 Å². The van der Waals surface area contributed by atoms with Crippen LogP contribution in [0.4, 0.5) is 0 Å². The largest absolute Gasteiger partial charge is 0.478 e. The molecule has 4 aromatic carbocycles. The predicted octanol–water partition coefficient (Wildman–Crippen LogP) is 6.00. The molecule has 0 aliphatic carbocycles. The van der Waals surface area contributed by atoms with E-state index >= 15 is 0 Å². The molecule has 210 valence electrons. The average Bonchev–Trinajstić information content (AvgIpc) is 3.39. The Morgan fingerprint density at radius 2 is 1.61 bits per heavy atom. The van der Waals surface area contributed by atoms with E-state index < -0.39 is 21.4 Å². The predicted molar refractivity (Wildman–Crippen MR) is 156 cm³/mol. The highest BCUT2D eigenvalue weighted by Gasteiger charge is 2.29. The maximum Gasteiger partial charge on any atom is 0.347 e. The van der Waals surface area contributed by atoms with E-state index in [0.29, 0.717) is 47.0 Å². The number of rotatable bonds is 11. The van der Waals surface area contributed by atoms with Crippen molar-refractivity contribution >= 4 is 26.9 Å². The topological polar surface area (TPSA) is 119 Å². The Labute approximate surface area is 238 Å². The van der Waals surface area contributed by atoms with Gasteiger partial charge in [-0.2, -0.15) is 0 Å². The van der Waals surface area contributed by atoms with Gasteiger partial charge in [-0.15, -0.1) is 0 Å². The zero-order chi connectivity index (χ0) is 29.0. The van der Waals surface area contributed by atoms with Crippen molar-refractivity contribution in [2.45, 2.75) is 43.2 Å². The molecule has 41 heavy (non-hydrogen) atoms. The number of nitrogens with zero attached hydrogens (tertiary/aromatic N) is 1. The van der Waals surface area contributed by atoms with Gasteiger partial charge in [-0.25, -0.2) is 18.2 Å². The van der Waals surface area contributed by atoms with Crippen LogP contribution in [0.1, 0.15) is 30.5 Å². The number of oxazole rings is 1. The molecule has 2 N–H and O–H groups in total. The average molecular weight is 571 g/mol. The molecule has 0 saturated heterocycles. The Hall–Kier alpha value is -4.47. The van der Waals surface area contributed by atoms with Crippen molar-refractivity contribution < 1.29 is 27.5 Å². The lowest BCUT2D eigenvalue weighted by Gasteiger charge is -2.21. The van der Waals surface area contributed by atoms with E-state index in [1.165, 1.54) is 13.8 Å². The number of hydrogen-bond donors (Lipinski definition) is 2. The minimum atomic E-state index is -3.65. The molecule has 0 saturated carbocycles. The summed E-state index contributed by atoms with van der Waals surface area (Å²) in [5, 5.41) is 12.7. The van der Waals surface area contributed by atoms with Crippen LogP contribution in [0, 0.1) is 0 Å². The fraction of sp³-hybridized carbons (Fsp3) is 0.188. The number of para-hydroxylation sites is 2. The summed E-state index contributed by atoms with van der Waals surface area (Å²) in [7, 11) is -3.65. The van der Waals surface area contributed by atoms with Crippen LogP contribution in [0.3, 0.4) is 0 Å². The summed E-state index contributed by atoms with van der Waals surface area (Å²) < 4.78 is 38.5. The number of carbonyl (C=O) groups is 1. The lowest BCUT2D eigenvalue weighted by molar-refractivity contribution is -0.152. The van der Waals surface area contributed by atoms with Gasteiger partial charge in [0.1, 0.15) is 11.3 Å². The smallest absolute Gasteiger partial charge is 0.347 e. The highest BCUT2D eigenvalue weighted by atomic mass is 32.2. The number of ether oxygens (including phenoxy) is 1. The zero-order valence-electron chi connectivity index (χ0n) is 22.7. The summed E-state index contributed by atoms with van der Waals surface area (Å²) in [4.78, 5) is 16.2. The minimum Gasteiger partial charge on any atom is -0.478 e. The maximum atomic E-state index is 13.5. The molecule has 0 atom stereocenters. The molecule has 0 spiro atoms. The monoisotopic (exact) mass is 570 g/mol.